The number of benzene rings is 1. The van der Waals surface area contributed by atoms with Crippen molar-refractivity contribution in [1.29, 1.82) is 0 Å². The van der Waals surface area contributed by atoms with E-state index in [9.17, 15) is 0 Å². The van der Waals surface area contributed by atoms with Gasteiger partial charge in [-0.05, 0) is 32.9 Å². The molecule has 0 aliphatic rings. The molecule has 0 radical (unpaired) electrons. The molecule has 0 aromatic heterocycles. The Kier molecular flexibility index (Phi) is 4.79. The maximum absolute atomic E-state index is 5.52. The number of nitrogens with one attached hydrogen (secondary N) is 1. The molecule has 4 heteroatoms. The predicted molar refractivity (Wildman–Crippen MR) is 66.6 cm³/mol. The molecule has 0 amide bonds. The van der Waals surface area contributed by atoms with Crippen molar-refractivity contribution in [2.45, 2.75) is 26.8 Å². The number of hydrogen-bond acceptors (Lipinski definition) is 3. The maximum atomic E-state index is 5.52. The fourth-order valence-corrected chi connectivity index (χ4v) is 1.39. The molecule has 0 aliphatic heterocycles. The van der Waals surface area contributed by atoms with E-state index >= 15 is 0 Å². The number of hydrogen-bond donors (Lipinski definition) is 2. The van der Waals surface area contributed by atoms with Crippen LogP contribution in [0.5, 0.6) is 5.75 Å². The Balaban J connectivity index is 3.09. The van der Waals surface area contributed by atoms with Crippen molar-refractivity contribution in [3.8, 4) is 5.75 Å². The van der Waals surface area contributed by atoms with Crippen LogP contribution >= 0.6 is 0 Å². The summed E-state index contributed by atoms with van der Waals surface area (Å²) < 4.78 is 5.52. The number of aliphatic imine (C=N–C) groups is 1. The fraction of sp³-hybridized carbons (Fsp3) is 0.417. The van der Waals surface area contributed by atoms with Gasteiger partial charge in [0.15, 0.2) is 0 Å². The molecule has 0 saturated carbocycles. The van der Waals surface area contributed by atoms with Crippen molar-refractivity contribution in [2.75, 3.05) is 6.61 Å². The van der Waals surface area contributed by atoms with Crippen LogP contribution in [0, 0.1) is 0 Å². The summed E-state index contributed by atoms with van der Waals surface area (Å²) in [6.45, 7) is 6.57. The summed E-state index contributed by atoms with van der Waals surface area (Å²) in [5.74, 6) is 6.93. The zero-order chi connectivity index (χ0) is 12.0. The van der Waals surface area contributed by atoms with Crippen molar-refractivity contribution in [1.82, 2.24) is 5.43 Å². The zero-order valence-electron chi connectivity index (χ0n) is 10.0. The maximum Gasteiger partial charge on any atom is 0.146 e. The Bertz CT molecular complexity index is 361. The molecule has 0 aliphatic carbocycles. The van der Waals surface area contributed by atoms with Gasteiger partial charge in [0.05, 0.1) is 12.2 Å². The first-order valence-corrected chi connectivity index (χ1v) is 5.45. The molecule has 1 rings (SSSR count). The number of rotatable bonds is 4. The quantitative estimate of drug-likeness (QED) is 0.352. The minimum Gasteiger partial charge on any atom is -0.493 e. The molecule has 0 unspecified atom stereocenters. The Labute approximate surface area is 96.5 Å². The van der Waals surface area contributed by atoms with E-state index in [1.807, 2.05) is 45.0 Å². The lowest BCUT2D eigenvalue weighted by atomic mass is 10.2. The molecule has 0 spiro atoms. The lowest BCUT2D eigenvalue weighted by Gasteiger charge is -2.12. The molecule has 0 atom stereocenters. The van der Waals surface area contributed by atoms with Gasteiger partial charge in [-0.2, -0.15) is 0 Å². The third-order valence-corrected chi connectivity index (χ3v) is 1.97. The predicted octanol–water partition coefficient (Wildman–Crippen LogP) is 1.70. The normalized spacial score (nSPS) is 11.7. The van der Waals surface area contributed by atoms with Gasteiger partial charge in [0, 0.05) is 6.04 Å². The van der Waals surface area contributed by atoms with E-state index in [4.69, 9.17) is 10.6 Å². The van der Waals surface area contributed by atoms with Gasteiger partial charge in [-0.25, -0.2) is 5.84 Å². The van der Waals surface area contributed by atoms with Crippen LogP contribution in [0.1, 0.15) is 26.3 Å². The van der Waals surface area contributed by atoms with Crippen LogP contribution in [0.15, 0.2) is 29.3 Å². The molecular formula is C12H19N3O. The molecule has 3 N–H and O–H groups in total. The van der Waals surface area contributed by atoms with Gasteiger partial charge in [-0.1, -0.05) is 12.1 Å². The first-order valence-electron chi connectivity index (χ1n) is 5.45. The number of para-hydroxylation sites is 1. The first-order chi connectivity index (χ1) is 7.69. The van der Waals surface area contributed by atoms with Gasteiger partial charge in [0.2, 0.25) is 0 Å². The monoisotopic (exact) mass is 221 g/mol. The number of nitrogens with zero attached hydrogens (tertiary/aromatic N) is 1. The summed E-state index contributed by atoms with van der Waals surface area (Å²) in [4.78, 5) is 4.41. The summed E-state index contributed by atoms with van der Waals surface area (Å²) in [6, 6.07) is 7.89. The molecule has 1 aromatic rings. The molecule has 16 heavy (non-hydrogen) atoms. The third kappa shape index (κ3) is 3.24. The highest BCUT2D eigenvalue weighted by atomic mass is 16.5. The second kappa shape index (κ2) is 6.12. The first kappa shape index (κ1) is 12.5. The number of ether oxygens (including phenoxy) is 1. The van der Waals surface area contributed by atoms with Gasteiger partial charge in [-0.15, -0.1) is 0 Å². The molecule has 0 bridgehead atoms. The van der Waals surface area contributed by atoms with Crippen molar-refractivity contribution < 1.29 is 4.74 Å². The summed E-state index contributed by atoms with van der Waals surface area (Å²) in [7, 11) is 0. The second-order valence-electron chi connectivity index (χ2n) is 3.64. The van der Waals surface area contributed by atoms with Gasteiger partial charge in [-0.3, -0.25) is 4.99 Å². The SMILES string of the molecule is CCOc1ccccc1C(=NC(C)C)NN. The Morgan fingerprint density at radius 3 is 2.69 bits per heavy atom. The topological polar surface area (TPSA) is 59.6 Å². The third-order valence-electron chi connectivity index (χ3n) is 1.97. The Morgan fingerprint density at radius 1 is 1.44 bits per heavy atom. The summed E-state index contributed by atoms with van der Waals surface area (Å²) in [6.07, 6.45) is 0. The highest BCUT2D eigenvalue weighted by molar-refractivity contribution is 6.00. The number of amidine groups is 1. The molecule has 1 aromatic carbocycles. The summed E-state index contributed by atoms with van der Waals surface area (Å²) in [5.41, 5.74) is 3.51. The summed E-state index contributed by atoms with van der Waals surface area (Å²) in [5, 5.41) is 0. The van der Waals surface area contributed by atoms with Crippen molar-refractivity contribution in [2.24, 2.45) is 10.8 Å². The largest absolute Gasteiger partial charge is 0.493 e. The van der Waals surface area contributed by atoms with Gasteiger partial charge in [0.1, 0.15) is 11.6 Å². The Hall–Kier alpha value is -1.55. The lowest BCUT2D eigenvalue weighted by Crippen LogP contribution is -2.32. The standard InChI is InChI=1S/C12H19N3O/c1-4-16-11-8-6-5-7-10(11)12(15-13)14-9(2)3/h5-9H,4,13H2,1-3H3,(H,14,15). The van der Waals surface area contributed by atoms with Gasteiger partial charge < -0.3 is 10.2 Å². The van der Waals surface area contributed by atoms with Crippen molar-refractivity contribution >= 4 is 5.84 Å². The second-order valence-corrected chi connectivity index (χ2v) is 3.64. The number of nitrogens with two attached hydrogens (primary N) is 1. The summed E-state index contributed by atoms with van der Waals surface area (Å²) >= 11 is 0. The van der Waals surface area contributed by atoms with Crippen LogP contribution in [0.3, 0.4) is 0 Å². The van der Waals surface area contributed by atoms with E-state index in [1.54, 1.807) is 0 Å². The van der Waals surface area contributed by atoms with E-state index in [0.29, 0.717) is 12.4 Å². The van der Waals surface area contributed by atoms with E-state index in [0.717, 1.165) is 11.3 Å². The van der Waals surface area contributed by atoms with Crippen molar-refractivity contribution in [3.05, 3.63) is 29.8 Å². The van der Waals surface area contributed by atoms with Crippen LogP contribution in [0.4, 0.5) is 0 Å². The zero-order valence-corrected chi connectivity index (χ0v) is 10.0. The highest BCUT2D eigenvalue weighted by Gasteiger charge is 2.08. The van der Waals surface area contributed by atoms with Gasteiger partial charge in [0.25, 0.3) is 0 Å². The van der Waals surface area contributed by atoms with Crippen LogP contribution in [-0.2, 0) is 0 Å². The van der Waals surface area contributed by atoms with Crippen LogP contribution in [0.25, 0.3) is 0 Å². The van der Waals surface area contributed by atoms with Crippen molar-refractivity contribution in [3.63, 3.8) is 0 Å². The molecule has 88 valence electrons. The van der Waals surface area contributed by atoms with Gasteiger partial charge >= 0.3 is 0 Å². The molecule has 0 heterocycles. The average Bonchev–Trinajstić information content (AvgIpc) is 2.27. The minimum atomic E-state index is 0.181. The van der Waals surface area contributed by atoms with Crippen LogP contribution in [-0.4, -0.2) is 18.5 Å². The lowest BCUT2D eigenvalue weighted by molar-refractivity contribution is 0.339. The average molecular weight is 221 g/mol. The highest BCUT2D eigenvalue weighted by Crippen LogP contribution is 2.18. The molecule has 0 fully saturated rings. The fourth-order valence-electron chi connectivity index (χ4n) is 1.39. The minimum absolute atomic E-state index is 0.181. The van der Waals surface area contributed by atoms with E-state index in [2.05, 4.69) is 10.4 Å². The smallest absolute Gasteiger partial charge is 0.146 e. The molecular weight excluding hydrogens is 202 g/mol. The van der Waals surface area contributed by atoms with Crippen LogP contribution in [0.2, 0.25) is 0 Å². The van der Waals surface area contributed by atoms with E-state index < -0.39 is 0 Å². The number of hydrazine groups is 1. The van der Waals surface area contributed by atoms with E-state index in [1.165, 1.54) is 0 Å². The van der Waals surface area contributed by atoms with Crippen LogP contribution < -0.4 is 16.0 Å². The Morgan fingerprint density at radius 2 is 2.12 bits per heavy atom. The van der Waals surface area contributed by atoms with E-state index in [-0.39, 0.29) is 6.04 Å². The molecule has 4 nitrogen and oxygen atoms in total. The molecule has 0 saturated heterocycles.